The summed E-state index contributed by atoms with van der Waals surface area (Å²) in [5.74, 6) is 0. The van der Waals surface area contributed by atoms with Gasteiger partial charge in [0.2, 0.25) is 0 Å². The monoisotopic (exact) mass is 989 g/mol. The van der Waals surface area contributed by atoms with Crippen LogP contribution >= 0.6 is 0 Å². The van der Waals surface area contributed by atoms with Gasteiger partial charge in [-0.25, -0.2) is 0 Å². The molecule has 0 saturated heterocycles. The van der Waals surface area contributed by atoms with E-state index in [0.717, 1.165) is 25.7 Å². The third-order valence-electron chi connectivity index (χ3n) is 17.0. The maximum absolute atomic E-state index is 2.66. The van der Waals surface area contributed by atoms with E-state index in [1.165, 1.54) is 214 Å². The van der Waals surface area contributed by atoms with E-state index in [1.807, 2.05) is 0 Å². The summed E-state index contributed by atoms with van der Waals surface area (Å²) in [6.45, 7) is 13.9. The van der Waals surface area contributed by atoms with Crippen LogP contribution in [0.5, 0.6) is 0 Å². The lowest BCUT2D eigenvalue weighted by molar-refractivity contribution is 0.662. The average Bonchev–Trinajstić information content (AvgIpc) is 4.25. The van der Waals surface area contributed by atoms with Crippen LogP contribution in [0.2, 0.25) is 0 Å². The zero-order valence-electron chi connectivity index (χ0n) is 46.5. The van der Waals surface area contributed by atoms with E-state index in [9.17, 15) is 0 Å². The zero-order valence-corrected chi connectivity index (χ0v) is 46.5. The predicted octanol–water partition coefficient (Wildman–Crippen LogP) is 20.7. The van der Waals surface area contributed by atoms with E-state index in [1.54, 1.807) is 0 Å². The fourth-order valence-corrected chi connectivity index (χ4v) is 12.9. The molecule has 0 atom stereocenters. The Morgan fingerprint density at radius 3 is 1.32 bits per heavy atom. The first-order valence-corrected chi connectivity index (χ1v) is 29.7. The number of hydrogen-bond donors (Lipinski definition) is 0. The highest BCUT2D eigenvalue weighted by atomic mass is 15.1. The van der Waals surface area contributed by atoms with Crippen molar-refractivity contribution >= 4 is 21.8 Å². The van der Waals surface area contributed by atoms with E-state index < -0.39 is 5.41 Å². The number of nitrogens with zero attached hydrogens (tertiary/aromatic N) is 2. The highest BCUT2D eigenvalue weighted by Crippen LogP contribution is 2.59. The number of para-hydroxylation sites is 2. The third-order valence-corrected chi connectivity index (χ3v) is 17.0. The topological polar surface area (TPSA) is 9.86 Å². The fraction of sp³-hybridized carbons (Fsp3) is 0.370. The zero-order chi connectivity index (χ0) is 51.7. The number of aromatic nitrogens is 2. The lowest BCUT2D eigenvalue weighted by Gasteiger charge is -2.36. The molecule has 0 N–H and O–H groups in total. The van der Waals surface area contributed by atoms with Crippen LogP contribution in [-0.4, -0.2) is 9.13 Å². The van der Waals surface area contributed by atoms with E-state index in [4.69, 9.17) is 0 Å². The second kappa shape index (κ2) is 24.1. The van der Waals surface area contributed by atoms with Crippen LogP contribution < -0.4 is 0 Å². The largest absolute Gasteiger partial charge is 0.312 e. The smallest absolute Gasteiger partial charge is 0.102 e. The molecule has 1 aliphatic rings. The fourth-order valence-electron chi connectivity index (χ4n) is 12.9. The Kier molecular flexibility index (Phi) is 16.7. The van der Waals surface area contributed by atoms with E-state index in [0.29, 0.717) is 0 Å². The summed E-state index contributed by atoms with van der Waals surface area (Å²) in [4.78, 5) is 0. The van der Waals surface area contributed by atoms with Gasteiger partial charge in [0.1, 0.15) is 5.41 Å². The summed E-state index contributed by atoms with van der Waals surface area (Å²) in [6.07, 6.45) is 24.7. The summed E-state index contributed by atoms with van der Waals surface area (Å²) in [5.41, 5.74) is 23.3. The lowest BCUT2D eigenvalue weighted by Crippen LogP contribution is -2.33. The quantitative estimate of drug-likeness (QED) is 0.0505. The molecular weight excluding hydrogens is 905 g/mol. The molecule has 75 heavy (non-hydrogen) atoms. The number of unbranched alkanes of at least 4 members (excludes halogenated alkanes) is 12. The molecule has 2 aromatic heterocycles. The molecule has 386 valence electrons. The molecule has 0 radical (unpaired) electrons. The molecule has 2 heteroatoms. The molecule has 9 aromatic rings. The van der Waals surface area contributed by atoms with Crippen LogP contribution in [0.25, 0.3) is 55.4 Å². The molecular formula is C73H84N2. The molecule has 0 spiro atoms. The highest BCUT2D eigenvalue weighted by Gasteiger charge is 2.51. The van der Waals surface area contributed by atoms with Crippen LogP contribution in [0.15, 0.2) is 158 Å². The molecule has 2 nitrogen and oxygen atoms in total. The summed E-state index contributed by atoms with van der Waals surface area (Å²) in [7, 11) is 0. The van der Waals surface area contributed by atoms with Crippen LogP contribution in [0.4, 0.5) is 0 Å². The Bertz CT molecular complexity index is 3200. The van der Waals surface area contributed by atoms with Gasteiger partial charge in [0.25, 0.3) is 0 Å². The Labute approximate surface area is 451 Å². The van der Waals surface area contributed by atoms with Crippen molar-refractivity contribution in [3.8, 4) is 33.6 Å². The minimum Gasteiger partial charge on any atom is -0.312 e. The minimum atomic E-state index is -0.739. The first-order valence-electron chi connectivity index (χ1n) is 29.7. The van der Waals surface area contributed by atoms with Crippen molar-refractivity contribution in [1.29, 1.82) is 0 Å². The first kappa shape index (κ1) is 52.1. The van der Waals surface area contributed by atoms with E-state index in [2.05, 4.69) is 208 Å². The van der Waals surface area contributed by atoms with Gasteiger partial charge in [-0.1, -0.05) is 213 Å². The SMILES string of the molecule is CCCCCCc1ccc(-n2c(C3(c4cc5ccccc5n4-c4ccc(CCCCCC)cc4)c4cc(C)ccc4-c4ccc(-c5cc(CCCCCC)c(C)cc5CCCCCC)cc43)cc3ccccc32)cc1. The second-order valence-electron chi connectivity index (χ2n) is 22.4. The number of fused-ring (bicyclic) bond motifs is 5. The number of hydrogen-bond acceptors (Lipinski definition) is 0. The molecule has 7 aromatic carbocycles. The van der Waals surface area contributed by atoms with Crippen LogP contribution in [0.3, 0.4) is 0 Å². The van der Waals surface area contributed by atoms with Crippen molar-refractivity contribution in [1.82, 2.24) is 9.13 Å². The predicted molar refractivity (Wildman–Crippen MR) is 324 cm³/mol. The molecule has 2 heterocycles. The van der Waals surface area contributed by atoms with Crippen LogP contribution in [0.1, 0.15) is 186 Å². The maximum Gasteiger partial charge on any atom is 0.102 e. The van der Waals surface area contributed by atoms with Gasteiger partial charge in [0.05, 0.1) is 11.0 Å². The molecule has 0 aliphatic heterocycles. The Morgan fingerprint density at radius 1 is 0.360 bits per heavy atom. The molecule has 10 rings (SSSR count). The van der Waals surface area contributed by atoms with Gasteiger partial charge in [-0.2, -0.15) is 0 Å². The highest BCUT2D eigenvalue weighted by molar-refractivity contribution is 5.94. The molecule has 0 saturated carbocycles. The summed E-state index contributed by atoms with van der Waals surface area (Å²) >= 11 is 0. The molecule has 0 unspecified atom stereocenters. The summed E-state index contributed by atoms with van der Waals surface area (Å²) in [6, 6.07) is 62.8. The van der Waals surface area contributed by atoms with Gasteiger partial charge in [0.15, 0.2) is 0 Å². The van der Waals surface area contributed by atoms with Crippen molar-refractivity contribution < 1.29 is 0 Å². The van der Waals surface area contributed by atoms with Crippen molar-refractivity contribution in [2.45, 2.75) is 175 Å². The molecule has 1 aliphatic carbocycles. The van der Waals surface area contributed by atoms with Crippen LogP contribution in [-0.2, 0) is 31.1 Å². The first-order chi connectivity index (χ1) is 36.9. The average molecular weight is 989 g/mol. The van der Waals surface area contributed by atoms with Crippen LogP contribution in [0, 0.1) is 13.8 Å². The lowest BCUT2D eigenvalue weighted by atomic mass is 9.71. The Morgan fingerprint density at radius 2 is 0.813 bits per heavy atom. The van der Waals surface area contributed by atoms with Crippen molar-refractivity contribution in [2.24, 2.45) is 0 Å². The Balaban J connectivity index is 1.27. The number of rotatable bonds is 25. The second-order valence-corrected chi connectivity index (χ2v) is 22.4. The third kappa shape index (κ3) is 10.6. The number of benzene rings is 7. The van der Waals surface area contributed by atoms with E-state index in [-0.39, 0.29) is 0 Å². The van der Waals surface area contributed by atoms with Crippen molar-refractivity contribution in [2.75, 3.05) is 0 Å². The van der Waals surface area contributed by atoms with Crippen molar-refractivity contribution in [3.05, 3.63) is 214 Å². The number of aryl methyl sites for hydroxylation is 6. The van der Waals surface area contributed by atoms with Gasteiger partial charge in [-0.05, 0) is 181 Å². The maximum atomic E-state index is 2.66. The molecule has 0 amide bonds. The standard InChI is InChI=1S/C73H84N2/c1-7-11-15-19-27-55-36-41-62(42-37-55)74-69-33-25-23-31-60(69)51-71(74)73(72-52-61-32-24-26-34-70(61)75(72)63-43-38-56(39-44-63)28-20-16-12-8-2)67-47-53(5)35-45-64(67)65-46-40-59(50-68(65)73)66-49-57(29-21-17-13-9-3)54(6)48-58(66)30-22-18-14-10-4/h23-26,31-52H,7-22,27-30H2,1-6H3. The van der Waals surface area contributed by atoms with Gasteiger partial charge in [-0.15, -0.1) is 0 Å². The van der Waals surface area contributed by atoms with Gasteiger partial charge in [-0.3, -0.25) is 0 Å². The van der Waals surface area contributed by atoms with Gasteiger partial charge in [0, 0.05) is 33.5 Å². The van der Waals surface area contributed by atoms with E-state index >= 15 is 0 Å². The molecule has 0 fully saturated rings. The summed E-state index contributed by atoms with van der Waals surface area (Å²) in [5, 5.41) is 2.51. The minimum absolute atomic E-state index is 0.739. The summed E-state index contributed by atoms with van der Waals surface area (Å²) < 4.78 is 5.29. The van der Waals surface area contributed by atoms with Gasteiger partial charge < -0.3 is 9.13 Å². The van der Waals surface area contributed by atoms with Crippen molar-refractivity contribution in [3.63, 3.8) is 0 Å². The van der Waals surface area contributed by atoms with Gasteiger partial charge >= 0.3 is 0 Å². The molecule has 0 bridgehead atoms. The normalized spacial score (nSPS) is 12.8. The Hall–Kier alpha value is -6.38.